The fraction of sp³-hybridized carbons (Fsp3) is 0.893. The van der Waals surface area contributed by atoms with E-state index in [1.165, 1.54) is 0 Å². The van der Waals surface area contributed by atoms with Gasteiger partial charge in [0.05, 0.1) is 18.3 Å². The summed E-state index contributed by atoms with van der Waals surface area (Å²) in [5.74, 6) is -0.213. The van der Waals surface area contributed by atoms with Gasteiger partial charge in [0.1, 0.15) is 0 Å². The van der Waals surface area contributed by atoms with Crippen molar-refractivity contribution in [2.75, 3.05) is 0 Å². The minimum absolute atomic E-state index is 0.0450. The summed E-state index contributed by atoms with van der Waals surface area (Å²) in [5, 5.41) is 33.9. The molecular formula is C28H43NO7. The smallest absolute Gasteiger partial charge is 0.333 e. The number of carbonyl (C=O) groups excluding carboxylic acids is 3. The van der Waals surface area contributed by atoms with Crippen molar-refractivity contribution in [2.24, 2.45) is 46.3 Å². The summed E-state index contributed by atoms with van der Waals surface area (Å²) in [6.45, 7) is 6.64. The molecule has 36 heavy (non-hydrogen) atoms. The number of aliphatic hydroxyl groups is 3. The molecule has 4 saturated carbocycles. The van der Waals surface area contributed by atoms with Crippen LogP contribution in [0.5, 0.6) is 0 Å². The van der Waals surface area contributed by atoms with E-state index in [4.69, 9.17) is 4.84 Å². The number of hydrogen-bond donors (Lipinski definition) is 3. The maximum Gasteiger partial charge on any atom is 0.333 e. The highest BCUT2D eigenvalue weighted by molar-refractivity contribution is 6.01. The Bertz CT molecular complexity index is 892. The summed E-state index contributed by atoms with van der Waals surface area (Å²) in [5.41, 5.74) is -0.285. The van der Waals surface area contributed by atoms with Crippen molar-refractivity contribution >= 4 is 17.8 Å². The van der Waals surface area contributed by atoms with Crippen molar-refractivity contribution in [3.05, 3.63) is 0 Å². The molecule has 0 aromatic heterocycles. The fourth-order valence-corrected chi connectivity index (χ4v) is 9.48. The van der Waals surface area contributed by atoms with Crippen LogP contribution in [0.15, 0.2) is 0 Å². The highest BCUT2D eigenvalue weighted by Crippen LogP contribution is 2.68. The summed E-state index contributed by atoms with van der Waals surface area (Å²) in [6.07, 6.45) is 5.50. The number of hydroxylamine groups is 2. The minimum Gasteiger partial charge on any atom is -0.393 e. The maximum absolute atomic E-state index is 12.4. The van der Waals surface area contributed by atoms with Crippen LogP contribution in [-0.4, -0.2) is 56.5 Å². The molecule has 5 fully saturated rings. The average Bonchev–Trinajstić information content (AvgIpc) is 3.34. The Labute approximate surface area is 213 Å². The molecule has 1 saturated heterocycles. The first-order valence-electron chi connectivity index (χ1n) is 14.1. The molecule has 1 heterocycles. The summed E-state index contributed by atoms with van der Waals surface area (Å²) < 4.78 is 0. The minimum atomic E-state index is -0.574. The first kappa shape index (κ1) is 26.1. The van der Waals surface area contributed by atoms with Crippen LogP contribution in [0.1, 0.15) is 91.4 Å². The third-order valence-electron chi connectivity index (χ3n) is 11.5. The van der Waals surface area contributed by atoms with Crippen LogP contribution in [0.25, 0.3) is 0 Å². The third kappa shape index (κ3) is 4.02. The van der Waals surface area contributed by atoms with E-state index >= 15 is 0 Å². The summed E-state index contributed by atoms with van der Waals surface area (Å²) >= 11 is 0. The van der Waals surface area contributed by atoms with Gasteiger partial charge in [0.2, 0.25) is 0 Å². The number of rotatable bonds is 5. The van der Waals surface area contributed by atoms with Gasteiger partial charge in [0, 0.05) is 19.3 Å². The predicted octanol–water partition coefficient (Wildman–Crippen LogP) is 2.97. The zero-order valence-corrected chi connectivity index (χ0v) is 21.9. The van der Waals surface area contributed by atoms with Crippen LogP contribution in [0.3, 0.4) is 0 Å². The number of nitrogens with zero attached hydrogens (tertiary/aromatic N) is 1. The van der Waals surface area contributed by atoms with E-state index in [1.807, 2.05) is 0 Å². The van der Waals surface area contributed by atoms with Gasteiger partial charge >= 0.3 is 5.97 Å². The van der Waals surface area contributed by atoms with E-state index in [9.17, 15) is 29.7 Å². The zero-order chi connectivity index (χ0) is 26.0. The van der Waals surface area contributed by atoms with E-state index in [-0.39, 0.29) is 65.8 Å². The molecule has 0 aromatic rings. The number of fused-ring (bicyclic) bond motifs is 5. The molecule has 4 aliphatic carbocycles. The van der Waals surface area contributed by atoms with Crippen LogP contribution in [-0.2, 0) is 19.2 Å². The van der Waals surface area contributed by atoms with Gasteiger partial charge in [0.15, 0.2) is 0 Å². The molecular weight excluding hydrogens is 462 g/mol. The quantitative estimate of drug-likeness (QED) is 0.491. The van der Waals surface area contributed by atoms with Crippen molar-refractivity contribution in [1.29, 1.82) is 0 Å². The normalized spacial score (nSPS) is 47.2. The van der Waals surface area contributed by atoms with Gasteiger partial charge in [0.25, 0.3) is 11.8 Å². The Morgan fingerprint density at radius 1 is 1.03 bits per heavy atom. The second-order valence-corrected chi connectivity index (χ2v) is 13.1. The molecule has 11 atom stereocenters. The van der Waals surface area contributed by atoms with Crippen molar-refractivity contribution in [2.45, 2.75) is 110 Å². The molecule has 5 aliphatic rings. The van der Waals surface area contributed by atoms with Gasteiger partial charge in [-0.3, -0.25) is 9.59 Å². The topological polar surface area (TPSA) is 124 Å². The molecule has 0 radical (unpaired) electrons. The van der Waals surface area contributed by atoms with Gasteiger partial charge in [-0.1, -0.05) is 20.8 Å². The van der Waals surface area contributed by atoms with Gasteiger partial charge in [-0.25, -0.2) is 4.79 Å². The lowest BCUT2D eigenvalue weighted by Gasteiger charge is -2.63. The Morgan fingerprint density at radius 2 is 1.72 bits per heavy atom. The SMILES string of the molecule is C[C@H](CCC(=O)ON1C(=O)CCC1=O)C1CC[C@H]2[C@@H]3C(C[C@@H](O)C12C)C1(C)CC[C@@H](O)C[C@@H]1C[C@@H]3O. The molecule has 8 nitrogen and oxygen atoms in total. The van der Waals surface area contributed by atoms with Crippen molar-refractivity contribution in [3.8, 4) is 0 Å². The Hall–Kier alpha value is -1.51. The molecule has 4 unspecified atom stereocenters. The molecule has 2 amide bonds. The van der Waals surface area contributed by atoms with E-state index in [0.717, 1.165) is 38.5 Å². The van der Waals surface area contributed by atoms with E-state index in [2.05, 4.69) is 20.8 Å². The monoisotopic (exact) mass is 505 g/mol. The molecule has 0 bridgehead atoms. The molecule has 0 aromatic carbocycles. The number of amides is 2. The van der Waals surface area contributed by atoms with E-state index < -0.39 is 30.0 Å². The molecule has 1 aliphatic heterocycles. The molecule has 8 heteroatoms. The van der Waals surface area contributed by atoms with Crippen LogP contribution in [0, 0.1) is 46.3 Å². The van der Waals surface area contributed by atoms with Crippen LogP contribution < -0.4 is 0 Å². The zero-order valence-electron chi connectivity index (χ0n) is 21.9. The standard InChI is InChI=1S/C28H43NO7/c1-15(4-9-25(35)36-29-23(33)7-8-24(29)34)18-5-6-19-26-20(14-22(32)28(18,19)3)27(2)11-10-17(30)12-16(27)13-21(26)31/h15-22,26,30-32H,4-14H2,1-3H3/t15-,16-,17-,18?,19+,20?,21+,22-,26-,27?,28?/m1/s1. The van der Waals surface area contributed by atoms with Gasteiger partial charge < -0.3 is 20.2 Å². The third-order valence-corrected chi connectivity index (χ3v) is 11.5. The van der Waals surface area contributed by atoms with E-state index in [0.29, 0.717) is 23.8 Å². The average molecular weight is 506 g/mol. The predicted molar refractivity (Wildman–Crippen MR) is 130 cm³/mol. The summed E-state index contributed by atoms with van der Waals surface area (Å²) in [4.78, 5) is 40.9. The molecule has 5 rings (SSSR count). The first-order chi connectivity index (χ1) is 17.0. The Kier molecular flexibility index (Phi) is 6.78. The van der Waals surface area contributed by atoms with Crippen LogP contribution in [0.2, 0.25) is 0 Å². The van der Waals surface area contributed by atoms with E-state index in [1.54, 1.807) is 0 Å². The second kappa shape index (κ2) is 9.35. The van der Waals surface area contributed by atoms with Crippen molar-refractivity contribution < 1.29 is 34.5 Å². The van der Waals surface area contributed by atoms with Crippen molar-refractivity contribution in [3.63, 3.8) is 0 Å². The number of hydrogen-bond acceptors (Lipinski definition) is 7. The fourth-order valence-electron chi connectivity index (χ4n) is 9.48. The van der Waals surface area contributed by atoms with Gasteiger partial charge in [-0.2, -0.15) is 0 Å². The molecule has 202 valence electrons. The summed E-state index contributed by atoms with van der Waals surface area (Å²) in [6, 6.07) is 0. The Balaban J connectivity index is 1.27. The summed E-state index contributed by atoms with van der Waals surface area (Å²) in [7, 11) is 0. The van der Waals surface area contributed by atoms with Crippen LogP contribution >= 0.6 is 0 Å². The first-order valence-corrected chi connectivity index (χ1v) is 14.1. The molecule has 3 N–H and O–H groups in total. The lowest BCUT2D eigenvalue weighted by atomic mass is 9.43. The maximum atomic E-state index is 12.4. The number of aliphatic hydroxyl groups excluding tert-OH is 3. The lowest BCUT2D eigenvalue weighted by molar-refractivity contribution is -0.207. The highest BCUT2D eigenvalue weighted by Gasteiger charge is 2.65. The van der Waals surface area contributed by atoms with Crippen LogP contribution in [0.4, 0.5) is 0 Å². The second-order valence-electron chi connectivity index (χ2n) is 13.1. The number of carbonyl (C=O) groups is 3. The highest BCUT2D eigenvalue weighted by atomic mass is 16.7. The Morgan fingerprint density at radius 3 is 2.42 bits per heavy atom. The molecule has 0 spiro atoms. The van der Waals surface area contributed by atoms with Gasteiger partial charge in [-0.15, -0.1) is 5.06 Å². The van der Waals surface area contributed by atoms with Crippen molar-refractivity contribution in [1.82, 2.24) is 5.06 Å². The number of imide groups is 1. The largest absolute Gasteiger partial charge is 0.393 e. The van der Waals surface area contributed by atoms with Gasteiger partial charge in [-0.05, 0) is 97.7 Å². The lowest BCUT2D eigenvalue weighted by Crippen LogP contribution is -2.62.